The summed E-state index contributed by atoms with van der Waals surface area (Å²) >= 11 is 5.70. The lowest BCUT2D eigenvalue weighted by Gasteiger charge is -2.37. The second kappa shape index (κ2) is 6.52. The van der Waals surface area contributed by atoms with Gasteiger partial charge < -0.3 is 0 Å². The number of rotatable bonds is 4. The molecule has 0 aromatic heterocycles. The van der Waals surface area contributed by atoms with E-state index in [0.29, 0.717) is 32.1 Å². The van der Waals surface area contributed by atoms with Crippen LogP contribution < -0.4 is 0 Å². The average Bonchev–Trinajstić information content (AvgIpc) is 2.41. The molecule has 106 valence electrons. The van der Waals surface area contributed by atoms with Crippen LogP contribution in [0.5, 0.6) is 0 Å². The monoisotopic (exact) mass is 295 g/mol. The summed E-state index contributed by atoms with van der Waals surface area (Å²) in [5, 5.41) is 0. The van der Waals surface area contributed by atoms with E-state index < -0.39 is 10.2 Å². The highest BCUT2D eigenvalue weighted by Crippen LogP contribution is 2.17. The normalized spacial score (nSPS) is 25.4. The van der Waals surface area contributed by atoms with Gasteiger partial charge >= 0.3 is 0 Å². The van der Waals surface area contributed by atoms with Crippen molar-refractivity contribution in [3.05, 3.63) is 0 Å². The highest BCUT2D eigenvalue weighted by molar-refractivity contribution is 7.86. The van der Waals surface area contributed by atoms with Crippen molar-refractivity contribution < 1.29 is 8.42 Å². The molecule has 0 aromatic carbocycles. The maximum Gasteiger partial charge on any atom is 0.282 e. The van der Waals surface area contributed by atoms with E-state index >= 15 is 0 Å². The van der Waals surface area contributed by atoms with Crippen molar-refractivity contribution in [1.82, 2.24) is 13.5 Å². The van der Waals surface area contributed by atoms with Crippen LogP contribution in [0.1, 0.15) is 19.3 Å². The van der Waals surface area contributed by atoms with E-state index in [1.165, 1.54) is 0 Å². The average molecular weight is 296 g/mol. The maximum atomic E-state index is 12.4. The molecule has 0 atom stereocenters. The Kier molecular flexibility index (Phi) is 5.26. The van der Waals surface area contributed by atoms with Crippen molar-refractivity contribution in [2.75, 3.05) is 51.7 Å². The van der Waals surface area contributed by atoms with Gasteiger partial charge in [-0.3, -0.25) is 4.90 Å². The fraction of sp³-hybridized carbons (Fsp3) is 1.00. The van der Waals surface area contributed by atoms with Crippen LogP contribution in [0.2, 0.25) is 0 Å². The van der Waals surface area contributed by atoms with Gasteiger partial charge in [0.25, 0.3) is 10.2 Å². The molecule has 0 N–H and O–H groups in total. The number of piperazine rings is 1. The summed E-state index contributed by atoms with van der Waals surface area (Å²) in [6.45, 7) is 4.98. The zero-order valence-electron chi connectivity index (χ0n) is 10.7. The zero-order chi connectivity index (χ0) is 13.0. The Hall–Kier alpha value is 0.120. The SMILES string of the molecule is O=S(=O)(N1CCCCC1)N1CCN(CCCl)CC1. The third kappa shape index (κ3) is 3.36. The minimum Gasteiger partial charge on any atom is -0.300 e. The molecule has 0 unspecified atom stereocenters. The molecule has 0 aromatic rings. The molecule has 2 rings (SSSR count). The molecule has 5 nitrogen and oxygen atoms in total. The number of hydrogen-bond acceptors (Lipinski definition) is 3. The van der Waals surface area contributed by atoms with E-state index in [4.69, 9.17) is 11.6 Å². The predicted octanol–water partition coefficient (Wildman–Crippen LogP) is 0.573. The van der Waals surface area contributed by atoms with Gasteiger partial charge in [-0.15, -0.1) is 11.6 Å². The first-order valence-electron chi connectivity index (χ1n) is 6.68. The Bertz CT molecular complexity index is 349. The summed E-state index contributed by atoms with van der Waals surface area (Å²) in [7, 11) is -3.22. The number of piperidine rings is 1. The van der Waals surface area contributed by atoms with Crippen LogP contribution in [0.3, 0.4) is 0 Å². The molecule has 0 aliphatic carbocycles. The second-order valence-corrected chi connectivity index (χ2v) is 7.20. The van der Waals surface area contributed by atoms with Gasteiger partial charge in [0, 0.05) is 51.7 Å². The highest BCUT2D eigenvalue weighted by Gasteiger charge is 2.32. The summed E-state index contributed by atoms with van der Waals surface area (Å²) in [6, 6.07) is 0. The van der Waals surface area contributed by atoms with Crippen LogP contribution in [-0.2, 0) is 10.2 Å². The third-order valence-electron chi connectivity index (χ3n) is 3.70. The van der Waals surface area contributed by atoms with Gasteiger partial charge in [0.15, 0.2) is 0 Å². The molecule has 0 saturated carbocycles. The van der Waals surface area contributed by atoms with E-state index in [9.17, 15) is 8.42 Å². The quantitative estimate of drug-likeness (QED) is 0.713. The summed E-state index contributed by atoms with van der Waals surface area (Å²) in [4.78, 5) is 2.22. The maximum absolute atomic E-state index is 12.4. The first-order chi connectivity index (χ1) is 8.64. The fourth-order valence-corrected chi connectivity index (χ4v) is 4.47. The van der Waals surface area contributed by atoms with Crippen molar-refractivity contribution in [2.24, 2.45) is 0 Å². The molecular weight excluding hydrogens is 274 g/mol. The van der Waals surface area contributed by atoms with Gasteiger partial charge in [0.2, 0.25) is 0 Å². The molecule has 2 aliphatic heterocycles. The molecule has 0 bridgehead atoms. The molecule has 2 saturated heterocycles. The van der Waals surface area contributed by atoms with E-state index in [0.717, 1.165) is 38.9 Å². The number of halogens is 1. The minimum absolute atomic E-state index is 0.593. The number of alkyl halides is 1. The molecule has 0 amide bonds. The molecular formula is C11H22ClN3O2S. The van der Waals surface area contributed by atoms with E-state index in [1.54, 1.807) is 8.61 Å². The zero-order valence-corrected chi connectivity index (χ0v) is 12.3. The smallest absolute Gasteiger partial charge is 0.282 e. The summed E-state index contributed by atoms with van der Waals surface area (Å²) in [6.07, 6.45) is 3.13. The molecule has 7 heteroatoms. The predicted molar refractivity (Wildman–Crippen MR) is 73.1 cm³/mol. The van der Waals surface area contributed by atoms with Crippen LogP contribution >= 0.6 is 11.6 Å². The Labute approximate surface area is 115 Å². The van der Waals surface area contributed by atoms with Gasteiger partial charge in [0.1, 0.15) is 0 Å². The van der Waals surface area contributed by atoms with Crippen LogP contribution in [0.25, 0.3) is 0 Å². The van der Waals surface area contributed by atoms with E-state index in [-0.39, 0.29) is 0 Å². The van der Waals surface area contributed by atoms with Gasteiger partial charge in [-0.25, -0.2) is 0 Å². The lowest BCUT2D eigenvalue weighted by Crippen LogP contribution is -2.54. The molecule has 2 aliphatic rings. The highest BCUT2D eigenvalue weighted by atomic mass is 35.5. The molecule has 2 fully saturated rings. The minimum atomic E-state index is -3.22. The van der Waals surface area contributed by atoms with Crippen LogP contribution in [-0.4, -0.2) is 73.6 Å². The van der Waals surface area contributed by atoms with E-state index in [2.05, 4.69) is 4.90 Å². The van der Waals surface area contributed by atoms with Crippen LogP contribution in [0, 0.1) is 0 Å². The Balaban J connectivity index is 1.91. The molecule has 2 heterocycles. The first kappa shape index (κ1) is 14.5. The van der Waals surface area contributed by atoms with Gasteiger partial charge in [-0.1, -0.05) is 6.42 Å². The largest absolute Gasteiger partial charge is 0.300 e. The molecule has 18 heavy (non-hydrogen) atoms. The standard InChI is InChI=1S/C11H22ClN3O2S/c12-4-7-13-8-10-15(11-9-13)18(16,17)14-5-2-1-3-6-14/h1-11H2. The first-order valence-corrected chi connectivity index (χ1v) is 8.61. The Morgan fingerprint density at radius 3 is 1.94 bits per heavy atom. The van der Waals surface area contributed by atoms with Crippen molar-refractivity contribution in [3.8, 4) is 0 Å². The van der Waals surface area contributed by atoms with Crippen molar-refractivity contribution in [1.29, 1.82) is 0 Å². The van der Waals surface area contributed by atoms with Crippen molar-refractivity contribution in [3.63, 3.8) is 0 Å². The van der Waals surface area contributed by atoms with Crippen LogP contribution in [0.4, 0.5) is 0 Å². The topological polar surface area (TPSA) is 43.9 Å². The Morgan fingerprint density at radius 2 is 1.39 bits per heavy atom. The number of hydrogen-bond donors (Lipinski definition) is 0. The van der Waals surface area contributed by atoms with Crippen molar-refractivity contribution >= 4 is 21.8 Å². The lowest BCUT2D eigenvalue weighted by molar-refractivity contribution is 0.186. The summed E-state index contributed by atoms with van der Waals surface area (Å²) < 4.78 is 28.1. The van der Waals surface area contributed by atoms with Gasteiger partial charge in [-0.05, 0) is 12.8 Å². The van der Waals surface area contributed by atoms with Crippen molar-refractivity contribution in [2.45, 2.75) is 19.3 Å². The third-order valence-corrected chi connectivity index (χ3v) is 5.90. The summed E-state index contributed by atoms with van der Waals surface area (Å²) in [5.74, 6) is 0.610. The molecule has 0 spiro atoms. The fourth-order valence-electron chi connectivity index (χ4n) is 2.56. The van der Waals surface area contributed by atoms with Gasteiger partial charge in [0.05, 0.1) is 0 Å². The second-order valence-electron chi connectivity index (χ2n) is 4.90. The van der Waals surface area contributed by atoms with Crippen LogP contribution in [0.15, 0.2) is 0 Å². The number of nitrogens with zero attached hydrogens (tertiary/aromatic N) is 3. The van der Waals surface area contributed by atoms with Gasteiger partial charge in [-0.2, -0.15) is 17.0 Å². The Morgan fingerprint density at radius 1 is 0.833 bits per heavy atom. The summed E-state index contributed by atoms with van der Waals surface area (Å²) in [5.41, 5.74) is 0. The lowest BCUT2D eigenvalue weighted by atomic mass is 10.2. The molecule has 0 radical (unpaired) electrons. The van der Waals surface area contributed by atoms with E-state index in [1.807, 2.05) is 0 Å².